The highest BCUT2D eigenvalue weighted by molar-refractivity contribution is 7.84. The van der Waals surface area contributed by atoms with Crippen LogP contribution in [0.5, 0.6) is 0 Å². The zero-order valence-electron chi connectivity index (χ0n) is 14.9. The molecule has 2 amide bonds. The van der Waals surface area contributed by atoms with Crippen LogP contribution in [0.15, 0.2) is 35.5 Å². The number of carbonyl (C=O) groups excluding carboxylic acids is 2. The highest BCUT2D eigenvalue weighted by Gasteiger charge is 2.41. The van der Waals surface area contributed by atoms with Crippen molar-refractivity contribution in [1.29, 1.82) is 0 Å². The predicted octanol–water partition coefficient (Wildman–Crippen LogP) is 3.07. The third kappa shape index (κ3) is 4.50. The zero-order valence-corrected chi connectivity index (χ0v) is 15.7. The van der Waals surface area contributed by atoms with Crippen molar-refractivity contribution in [2.45, 2.75) is 27.2 Å². The molecule has 1 unspecified atom stereocenters. The van der Waals surface area contributed by atoms with Gasteiger partial charge in [-0.1, -0.05) is 26.8 Å². The quantitative estimate of drug-likeness (QED) is 0.741. The summed E-state index contributed by atoms with van der Waals surface area (Å²) in [7, 11) is 0.236. The fourth-order valence-corrected chi connectivity index (χ4v) is 3.05. The lowest BCUT2D eigenvalue weighted by molar-refractivity contribution is 0.0901. The average Bonchev–Trinajstić information content (AvgIpc) is 2.83. The van der Waals surface area contributed by atoms with E-state index in [1.165, 1.54) is 13.3 Å². The Labute approximate surface area is 149 Å². The van der Waals surface area contributed by atoms with Crippen LogP contribution in [-0.2, 0) is 25.0 Å². The number of rotatable bonds is 5. The molecule has 1 aliphatic carbocycles. The van der Waals surface area contributed by atoms with Gasteiger partial charge in [0, 0.05) is 29.0 Å². The van der Waals surface area contributed by atoms with Gasteiger partial charge in [-0.05, 0) is 18.1 Å². The summed E-state index contributed by atoms with van der Waals surface area (Å²) < 4.78 is 27.2. The van der Waals surface area contributed by atoms with Gasteiger partial charge < -0.3 is 14.2 Å². The number of nitrogens with zero attached hydrogens (tertiary/aromatic N) is 1. The Morgan fingerprint density at radius 3 is 2.76 bits per heavy atom. The second-order valence-electron chi connectivity index (χ2n) is 6.33. The molecule has 2 rings (SSSR count). The van der Waals surface area contributed by atoms with Gasteiger partial charge in [-0.25, -0.2) is 14.5 Å². The van der Waals surface area contributed by atoms with Gasteiger partial charge in [0.15, 0.2) is 11.5 Å². The number of allylic oxidation sites excluding steroid dienone is 4. The van der Waals surface area contributed by atoms with E-state index in [0.29, 0.717) is 23.7 Å². The number of hydrogen-bond donors (Lipinski definition) is 0. The smallest absolute Gasteiger partial charge is 0.424 e. The summed E-state index contributed by atoms with van der Waals surface area (Å²) in [6.45, 7) is 5.63. The second kappa shape index (κ2) is 7.86. The molecule has 0 aromatic rings. The largest absolute Gasteiger partial charge is 0.461 e. The summed E-state index contributed by atoms with van der Waals surface area (Å²) >= 11 is 0. The first-order valence-electron chi connectivity index (χ1n) is 8.01. The molecular weight excluding hydrogens is 346 g/mol. The zero-order chi connectivity index (χ0) is 18.6. The van der Waals surface area contributed by atoms with Crippen LogP contribution < -0.4 is 0 Å². The summed E-state index contributed by atoms with van der Waals surface area (Å²) in [4.78, 5) is 24.9. The van der Waals surface area contributed by atoms with Crippen LogP contribution in [0.3, 0.4) is 0 Å². The Morgan fingerprint density at radius 1 is 1.36 bits per heavy atom. The van der Waals surface area contributed by atoms with Gasteiger partial charge >= 0.3 is 12.2 Å². The molecule has 0 saturated carbocycles. The molecular formula is C17H23NO6S. The number of fused-ring (bicyclic) bond motifs is 1. The van der Waals surface area contributed by atoms with Gasteiger partial charge in [0.25, 0.3) is 0 Å². The molecule has 0 aromatic carbocycles. The van der Waals surface area contributed by atoms with Gasteiger partial charge in [0.05, 0.1) is 12.0 Å². The van der Waals surface area contributed by atoms with E-state index >= 15 is 0 Å². The maximum atomic E-state index is 12.3. The maximum absolute atomic E-state index is 12.3. The summed E-state index contributed by atoms with van der Waals surface area (Å²) in [5, 5.41) is 0. The average molecular weight is 369 g/mol. The molecule has 7 nitrogen and oxygen atoms in total. The van der Waals surface area contributed by atoms with Gasteiger partial charge in [0.2, 0.25) is 0 Å². The molecule has 25 heavy (non-hydrogen) atoms. The Bertz CT molecular complexity index is 677. The highest BCUT2D eigenvalue weighted by Crippen LogP contribution is 2.47. The van der Waals surface area contributed by atoms with E-state index in [1.54, 1.807) is 13.0 Å². The Balaban J connectivity index is 1.98. The van der Waals surface area contributed by atoms with Crippen molar-refractivity contribution in [2.24, 2.45) is 5.41 Å². The standard InChI is InChI=1S/C17H23NO6S/c1-5-25(21)10-9-23-15(19)18(4)16(20)24-14-13-12(7-6-8-22-13)11-17(14,2)3/h6-8H,5,9-11H2,1-4H3. The van der Waals surface area contributed by atoms with Crippen molar-refractivity contribution >= 4 is 23.0 Å². The fraction of sp³-hybridized carbons (Fsp3) is 0.529. The summed E-state index contributed by atoms with van der Waals surface area (Å²) in [5.41, 5.74) is 0.522. The minimum Gasteiger partial charge on any atom is -0.461 e. The first kappa shape index (κ1) is 19.2. The van der Waals surface area contributed by atoms with E-state index in [0.717, 1.165) is 10.5 Å². The molecule has 1 atom stereocenters. The van der Waals surface area contributed by atoms with E-state index in [-0.39, 0.29) is 12.4 Å². The minimum atomic E-state index is -1.03. The van der Waals surface area contributed by atoms with Crippen LogP contribution in [0.1, 0.15) is 27.2 Å². The van der Waals surface area contributed by atoms with Crippen molar-refractivity contribution in [2.75, 3.05) is 25.2 Å². The number of ether oxygens (including phenoxy) is 3. The van der Waals surface area contributed by atoms with Crippen LogP contribution in [0.25, 0.3) is 0 Å². The molecule has 0 saturated heterocycles. The van der Waals surface area contributed by atoms with Crippen LogP contribution >= 0.6 is 0 Å². The van der Waals surface area contributed by atoms with Crippen molar-refractivity contribution in [3.8, 4) is 0 Å². The lowest BCUT2D eigenvalue weighted by Gasteiger charge is -2.23. The number of imide groups is 1. The maximum Gasteiger partial charge on any atom is 0.424 e. The molecule has 0 spiro atoms. The van der Waals surface area contributed by atoms with E-state index in [2.05, 4.69) is 0 Å². The molecule has 138 valence electrons. The molecule has 1 heterocycles. The van der Waals surface area contributed by atoms with E-state index in [4.69, 9.17) is 14.2 Å². The molecule has 1 aliphatic heterocycles. The fourth-order valence-electron chi connectivity index (χ4n) is 2.49. The topological polar surface area (TPSA) is 82.1 Å². The first-order chi connectivity index (χ1) is 11.8. The molecule has 0 bridgehead atoms. The Kier molecular flexibility index (Phi) is 6.05. The van der Waals surface area contributed by atoms with E-state index < -0.39 is 28.4 Å². The van der Waals surface area contributed by atoms with Crippen molar-refractivity contribution in [1.82, 2.24) is 4.90 Å². The second-order valence-corrected chi connectivity index (χ2v) is 8.20. The monoisotopic (exact) mass is 369 g/mol. The lowest BCUT2D eigenvalue weighted by Crippen LogP contribution is -2.35. The van der Waals surface area contributed by atoms with Crippen molar-refractivity contribution in [3.05, 3.63) is 35.5 Å². The highest BCUT2D eigenvalue weighted by atomic mass is 32.2. The number of carbonyl (C=O) groups is 2. The summed E-state index contributed by atoms with van der Waals surface area (Å²) in [6.07, 6.45) is 4.18. The molecule has 0 radical (unpaired) electrons. The van der Waals surface area contributed by atoms with E-state index in [9.17, 15) is 13.8 Å². The third-order valence-corrected chi connectivity index (χ3v) is 5.17. The number of hydrogen-bond acceptors (Lipinski definition) is 6. The van der Waals surface area contributed by atoms with Crippen LogP contribution in [-0.4, -0.2) is 46.5 Å². The normalized spacial score (nSPS) is 18.8. The van der Waals surface area contributed by atoms with Crippen molar-refractivity contribution < 1.29 is 28.0 Å². The lowest BCUT2D eigenvalue weighted by atomic mass is 9.90. The Morgan fingerprint density at radius 2 is 2.08 bits per heavy atom. The van der Waals surface area contributed by atoms with Crippen LogP contribution in [0, 0.1) is 5.41 Å². The van der Waals surface area contributed by atoms with Crippen LogP contribution in [0.2, 0.25) is 0 Å². The van der Waals surface area contributed by atoms with Crippen LogP contribution in [0.4, 0.5) is 9.59 Å². The third-order valence-electron chi connectivity index (χ3n) is 3.90. The predicted molar refractivity (Wildman–Crippen MR) is 92.9 cm³/mol. The van der Waals surface area contributed by atoms with Gasteiger partial charge in [0.1, 0.15) is 6.61 Å². The van der Waals surface area contributed by atoms with Gasteiger partial charge in [-0.15, -0.1) is 0 Å². The van der Waals surface area contributed by atoms with E-state index in [1.807, 2.05) is 19.9 Å². The molecule has 8 heteroatoms. The van der Waals surface area contributed by atoms with Gasteiger partial charge in [-0.2, -0.15) is 0 Å². The molecule has 0 aromatic heterocycles. The SMILES string of the molecule is CCS(=O)CCOC(=O)N(C)C(=O)OC1=C2OC=CC=C2CC1(C)C. The Hall–Kier alpha value is -2.09. The van der Waals surface area contributed by atoms with Crippen molar-refractivity contribution in [3.63, 3.8) is 0 Å². The molecule has 0 N–H and O–H groups in total. The molecule has 0 fully saturated rings. The van der Waals surface area contributed by atoms with Gasteiger partial charge in [-0.3, -0.25) is 4.21 Å². The molecule has 2 aliphatic rings. The minimum absolute atomic E-state index is 0.0167. The summed E-state index contributed by atoms with van der Waals surface area (Å²) in [6, 6.07) is 0. The number of amides is 2. The summed E-state index contributed by atoms with van der Waals surface area (Å²) in [5.74, 6) is 1.63. The first-order valence-corrected chi connectivity index (χ1v) is 9.50.